The molecule has 0 N–H and O–H groups in total. The van der Waals surface area contributed by atoms with Gasteiger partial charge < -0.3 is 9.47 Å². The van der Waals surface area contributed by atoms with Gasteiger partial charge in [0.1, 0.15) is 5.76 Å². The van der Waals surface area contributed by atoms with Crippen molar-refractivity contribution >= 4 is 21.8 Å². The molecule has 1 aromatic carbocycles. The monoisotopic (exact) mass is 321 g/mol. The van der Waals surface area contributed by atoms with E-state index in [1.807, 2.05) is 0 Å². The summed E-state index contributed by atoms with van der Waals surface area (Å²) in [5.74, 6) is -0.106. The highest BCUT2D eigenvalue weighted by Gasteiger charge is 2.27. The van der Waals surface area contributed by atoms with E-state index in [-0.39, 0.29) is 10.5 Å². The Morgan fingerprint density at radius 3 is 2.27 bits per heavy atom. The molecule has 0 aliphatic carbocycles. The number of hydrogen-bond acceptors (Lipinski definition) is 5. The number of ether oxygens (including phenoxy) is 2. The van der Waals surface area contributed by atoms with Gasteiger partial charge in [-0.2, -0.15) is 4.31 Å². The van der Waals surface area contributed by atoms with Crippen LogP contribution >= 0.6 is 0 Å². The molecule has 7 heteroatoms. The molecular formula is C15H15NO5S. The van der Waals surface area contributed by atoms with Crippen LogP contribution in [-0.2, 0) is 24.3 Å². The maximum Gasteiger partial charge on any atom is 0.343 e. The Hall–Kier alpha value is -1.96. The number of cyclic esters (lactones) is 1. The van der Waals surface area contributed by atoms with Crippen LogP contribution in [0.4, 0.5) is 0 Å². The molecule has 2 aliphatic heterocycles. The molecule has 1 fully saturated rings. The molecule has 0 amide bonds. The summed E-state index contributed by atoms with van der Waals surface area (Å²) < 4.78 is 36.6. The number of hydrogen-bond donors (Lipinski definition) is 0. The second-order valence-electron chi connectivity index (χ2n) is 4.96. The van der Waals surface area contributed by atoms with E-state index in [4.69, 9.17) is 9.47 Å². The van der Waals surface area contributed by atoms with Gasteiger partial charge in [-0.25, -0.2) is 13.2 Å². The third-order valence-corrected chi connectivity index (χ3v) is 5.43. The topological polar surface area (TPSA) is 72.9 Å². The van der Waals surface area contributed by atoms with Crippen molar-refractivity contribution in [3.05, 3.63) is 48.1 Å². The summed E-state index contributed by atoms with van der Waals surface area (Å²) in [5, 5.41) is 0. The van der Waals surface area contributed by atoms with E-state index >= 15 is 0 Å². The number of benzene rings is 1. The number of carbonyl (C=O) groups is 1. The first-order valence-electron chi connectivity index (χ1n) is 6.79. The average molecular weight is 321 g/mol. The number of carbonyl (C=O) groups excluding carboxylic acids is 1. The van der Waals surface area contributed by atoms with Crippen LogP contribution in [0.3, 0.4) is 0 Å². The van der Waals surface area contributed by atoms with Crippen molar-refractivity contribution in [2.75, 3.05) is 26.3 Å². The summed E-state index contributed by atoms with van der Waals surface area (Å²) in [4.78, 5) is 11.5. The minimum atomic E-state index is -3.52. The minimum absolute atomic E-state index is 0.210. The molecule has 3 rings (SSSR count). The molecule has 2 aliphatic rings. The third-order valence-electron chi connectivity index (χ3n) is 3.52. The zero-order chi connectivity index (χ0) is 15.7. The quantitative estimate of drug-likeness (QED) is 0.617. The zero-order valence-corrected chi connectivity index (χ0v) is 12.6. The van der Waals surface area contributed by atoms with Crippen molar-refractivity contribution in [3.8, 4) is 0 Å². The summed E-state index contributed by atoms with van der Waals surface area (Å²) in [5.41, 5.74) is 0.910. The second-order valence-corrected chi connectivity index (χ2v) is 6.90. The van der Waals surface area contributed by atoms with E-state index in [1.165, 1.54) is 22.5 Å². The number of rotatable bonds is 3. The number of morpholine rings is 1. The standard InChI is InChI=1S/C15H15NO5S/c1-11-10-14(21-15(11)17)12-2-4-13(5-3-12)22(18,19)16-6-8-20-9-7-16/h2-5,10H,1,6-9H2. The van der Waals surface area contributed by atoms with Crippen LogP contribution in [0.1, 0.15) is 5.56 Å². The van der Waals surface area contributed by atoms with Crippen molar-refractivity contribution in [3.63, 3.8) is 0 Å². The zero-order valence-electron chi connectivity index (χ0n) is 11.8. The van der Waals surface area contributed by atoms with Crippen molar-refractivity contribution in [1.82, 2.24) is 4.31 Å². The highest BCUT2D eigenvalue weighted by Crippen LogP contribution is 2.26. The van der Waals surface area contributed by atoms with Crippen LogP contribution in [0.5, 0.6) is 0 Å². The van der Waals surface area contributed by atoms with Crippen molar-refractivity contribution in [2.24, 2.45) is 0 Å². The van der Waals surface area contributed by atoms with Gasteiger partial charge in [0, 0.05) is 18.7 Å². The van der Waals surface area contributed by atoms with E-state index in [0.717, 1.165) is 0 Å². The van der Waals surface area contributed by atoms with Gasteiger partial charge in [0.05, 0.1) is 23.7 Å². The highest BCUT2D eigenvalue weighted by atomic mass is 32.2. The summed E-state index contributed by atoms with van der Waals surface area (Å²) in [6.45, 7) is 5.08. The predicted octanol–water partition coefficient (Wildman–Crippen LogP) is 1.16. The summed E-state index contributed by atoms with van der Waals surface area (Å²) in [6.07, 6.45) is 1.54. The number of esters is 1. The fraction of sp³-hybridized carbons (Fsp3) is 0.267. The Kier molecular flexibility index (Phi) is 3.86. The van der Waals surface area contributed by atoms with Gasteiger partial charge in [0.15, 0.2) is 0 Å². The lowest BCUT2D eigenvalue weighted by Crippen LogP contribution is -2.40. The summed E-state index contributed by atoms with van der Waals surface area (Å²) >= 11 is 0. The first-order chi connectivity index (χ1) is 10.5. The van der Waals surface area contributed by atoms with E-state index in [2.05, 4.69) is 6.58 Å². The molecule has 0 atom stereocenters. The predicted molar refractivity (Wildman–Crippen MR) is 79.2 cm³/mol. The molecule has 0 bridgehead atoms. The maximum atomic E-state index is 12.5. The second kappa shape index (κ2) is 5.68. The Bertz CT molecular complexity index is 743. The first kappa shape index (κ1) is 15.0. The van der Waals surface area contributed by atoms with Crippen LogP contribution in [-0.4, -0.2) is 45.0 Å². The minimum Gasteiger partial charge on any atom is -0.422 e. The fourth-order valence-electron chi connectivity index (χ4n) is 2.28. The molecule has 22 heavy (non-hydrogen) atoms. The summed E-state index contributed by atoms with van der Waals surface area (Å²) in [7, 11) is -3.52. The maximum absolute atomic E-state index is 12.5. The van der Waals surface area contributed by atoms with Gasteiger partial charge >= 0.3 is 5.97 Å². The normalized spacial score (nSPS) is 19.9. The van der Waals surface area contributed by atoms with Gasteiger partial charge in [0.25, 0.3) is 0 Å². The molecule has 6 nitrogen and oxygen atoms in total. The fourth-order valence-corrected chi connectivity index (χ4v) is 3.69. The molecule has 1 aromatic rings. The SMILES string of the molecule is C=C1C=C(c2ccc(S(=O)(=O)N3CCOCC3)cc2)OC1=O. The molecule has 0 unspecified atom stereocenters. The van der Waals surface area contributed by atoms with Crippen molar-refractivity contribution in [2.45, 2.75) is 4.90 Å². The van der Waals surface area contributed by atoms with Crippen LogP contribution in [0.2, 0.25) is 0 Å². The average Bonchev–Trinajstić information content (AvgIpc) is 2.88. The molecule has 0 radical (unpaired) electrons. The molecule has 0 spiro atoms. The largest absolute Gasteiger partial charge is 0.422 e. The Balaban J connectivity index is 1.84. The Labute approximate surface area is 128 Å². The molecule has 1 saturated heterocycles. The number of sulfonamides is 1. The first-order valence-corrected chi connectivity index (χ1v) is 8.23. The summed E-state index contributed by atoms with van der Waals surface area (Å²) in [6, 6.07) is 6.25. The number of nitrogens with zero attached hydrogens (tertiary/aromatic N) is 1. The van der Waals surface area contributed by atoms with Crippen LogP contribution in [0, 0.1) is 0 Å². The van der Waals surface area contributed by atoms with Crippen molar-refractivity contribution in [1.29, 1.82) is 0 Å². The smallest absolute Gasteiger partial charge is 0.343 e. The lowest BCUT2D eigenvalue weighted by atomic mass is 10.2. The van der Waals surface area contributed by atoms with Gasteiger partial charge in [0.2, 0.25) is 10.0 Å². The molecule has 0 aromatic heterocycles. The van der Waals surface area contributed by atoms with Crippen LogP contribution in [0.25, 0.3) is 5.76 Å². The Morgan fingerprint density at radius 2 is 1.73 bits per heavy atom. The van der Waals surface area contributed by atoms with E-state index < -0.39 is 16.0 Å². The van der Waals surface area contributed by atoms with E-state index in [0.29, 0.717) is 37.6 Å². The van der Waals surface area contributed by atoms with Crippen LogP contribution < -0.4 is 0 Å². The molecule has 0 saturated carbocycles. The van der Waals surface area contributed by atoms with E-state index in [9.17, 15) is 13.2 Å². The molecular weight excluding hydrogens is 306 g/mol. The van der Waals surface area contributed by atoms with E-state index in [1.54, 1.807) is 12.1 Å². The lowest BCUT2D eigenvalue weighted by molar-refractivity contribution is -0.130. The van der Waals surface area contributed by atoms with Crippen LogP contribution in [0.15, 0.2) is 47.4 Å². The lowest BCUT2D eigenvalue weighted by Gasteiger charge is -2.26. The van der Waals surface area contributed by atoms with Gasteiger partial charge in [-0.3, -0.25) is 0 Å². The van der Waals surface area contributed by atoms with Crippen molar-refractivity contribution < 1.29 is 22.7 Å². The Morgan fingerprint density at radius 1 is 1.09 bits per heavy atom. The highest BCUT2D eigenvalue weighted by molar-refractivity contribution is 7.89. The molecule has 2 heterocycles. The third kappa shape index (κ3) is 2.70. The van der Waals surface area contributed by atoms with Gasteiger partial charge in [-0.15, -0.1) is 0 Å². The van der Waals surface area contributed by atoms with Gasteiger partial charge in [-0.1, -0.05) is 6.58 Å². The van der Waals surface area contributed by atoms with Gasteiger partial charge in [-0.05, 0) is 30.3 Å². The molecule has 116 valence electrons.